The lowest BCUT2D eigenvalue weighted by molar-refractivity contribution is -0.145. The van der Waals surface area contributed by atoms with E-state index >= 15 is 0 Å². The van der Waals surface area contributed by atoms with Gasteiger partial charge in [-0.1, -0.05) is 6.92 Å². The minimum absolute atomic E-state index is 0.209. The average Bonchev–Trinajstić information content (AvgIpc) is 2.79. The highest BCUT2D eigenvalue weighted by Crippen LogP contribution is 2.28. The molecule has 1 aliphatic rings. The number of hydrogen-bond donors (Lipinski definition) is 1. The Bertz CT molecular complexity index is 483. The Kier molecular flexibility index (Phi) is 4.55. The third kappa shape index (κ3) is 3.54. The number of hydrogen-bond acceptors (Lipinski definition) is 5. The van der Waals surface area contributed by atoms with E-state index in [1.165, 1.54) is 11.3 Å². The number of nitrogens with zero attached hydrogens (tertiary/aromatic N) is 1. The van der Waals surface area contributed by atoms with Crippen LogP contribution in [0.25, 0.3) is 0 Å². The molecule has 2 heterocycles. The van der Waals surface area contributed by atoms with Gasteiger partial charge in [0.25, 0.3) is 0 Å². The fourth-order valence-electron chi connectivity index (χ4n) is 2.08. The third-order valence-electron chi connectivity index (χ3n) is 2.98. The molecule has 0 saturated carbocycles. The van der Waals surface area contributed by atoms with Gasteiger partial charge in [-0.2, -0.15) is 0 Å². The highest BCUT2D eigenvalue weighted by atomic mass is 32.1. The molecule has 19 heavy (non-hydrogen) atoms. The minimum atomic E-state index is -0.881. The number of aromatic carboxylic acids is 1. The highest BCUT2D eigenvalue weighted by molar-refractivity contribution is 7.14. The number of ether oxygens (including phenoxy) is 1. The van der Waals surface area contributed by atoms with Gasteiger partial charge in [0, 0.05) is 18.0 Å². The lowest BCUT2D eigenvalue weighted by Gasteiger charge is -2.25. The standard InChI is InChI=1S/C13H17NO4S/c1-2-5-18-12(15)8-14-4-3-10-9(7-14)6-11(19-10)13(16)17/h6H,2-5,7-8H2,1H3,(H,16,17). The topological polar surface area (TPSA) is 66.8 Å². The van der Waals surface area contributed by atoms with Crippen molar-refractivity contribution in [1.82, 2.24) is 4.90 Å². The molecule has 0 bridgehead atoms. The number of carboxylic acid groups (broad SMARTS) is 1. The first-order valence-electron chi connectivity index (χ1n) is 6.33. The molecule has 1 N–H and O–H groups in total. The summed E-state index contributed by atoms with van der Waals surface area (Å²) >= 11 is 1.34. The fourth-order valence-corrected chi connectivity index (χ4v) is 3.08. The zero-order chi connectivity index (χ0) is 13.8. The van der Waals surface area contributed by atoms with Crippen LogP contribution in [0.3, 0.4) is 0 Å². The van der Waals surface area contributed by atoms with Gasteiger partial charge in [0.1, 0.15) is 4.88 Å². The van der Waals surface area contributed by atoms with Crippen LogP contribution in [-0.4, -0.2) is 41.6 Å². The van der Waals surface area contributed by atoms with E-state index in [-0.39, 0.29) is 12.5 Å². The van der Waals surface area contributed by atoms with Gasteiger partial charge >= 0.3 is 11.9 Å². The smallest absolute Gasteiger partial charge is 0.345 e. The Labute approximate surface area is 115 Å². The summed E-state index contributed by atoms with van der Waals surface area (Å²) in [6.07, 6.45) is 1.62. The van der Waals surface area contributed by atoms with Gasteiger partial charge in [0.05, 0.1) is 13.2 Å². The van der Waals surface area contributed by atoms with E-state index in [1.807, 2.05) is 11.8 Å². The molecule has 0 aliphatic carbocycles. The van der Waals surface area contributed by atoms with E-state index < -0.39 is 5.97 Å². The first-order valence-corrected chi connectivity index (χ1v) is 7.14. The third-order valence-corrected chi connectivity index (χ3v) is 4.20. The molecule has 0 amide bonds. The number of carbonyl (C=O) groups excluding carboxylic acids is 1. The normalized spacial score (nSPS) is 15.0. The van der Waals surface area contributed by atoms with Crippen molar-refractivity contribution in [3.63, 3.8) is 0 Å². The molecule has 6 heteroatoms. The summed E-state index contributed by atoms with van der Waals surface area (Å²) in [5, 5.41) is 8.97. The molecule has 0 aromatic carbocycles. The second-order valence-electron chi connectivity index (χ2n) is 4.55. The average molecular weight is 283 g/mol. The Balaban J connectivity index is 1.94. The second-order valence-corrected chi connectivity index (χ2v) is 5.68. The van der Waals surface area contributed by atoms with Gasteiger partial charge in [0.15, 0.2) is 0 Å². The van der Waals surface area contributed by atoms with Crippen molar-refractivity contribution in [2.45, 2.75) is 26.3 Å². The monoisotopic (exact) mass is 283 g/mol. The van der Waals surface area contributed by atoms with Gasteiger partial charge < -0.3 is 9.84 Å². The predicted octanol–water partition coefficient (Wildman–Crippen LogP) is 1.76. The highest BCUT2D eigenvalue weighted by Gasteiger charge is 2.22. The quantitative estimate of drug-likeness (QED) is 0.834. The SMILES string of the molecule is CCCOC(=O)CN1CCc2sc(C(=O)O)cc2C1. The van der Waals surface area contributed by atoms with Crippen molar-refractivity contribution in [1.29, 1.82) is 0 Å². The van der Waals surface area contributed by atoms with Crippen LogP contribution in [0.5, 0.6) is 0 Å². The van der Waals surface area contributed by atoms with Gasteiger partial charge in [-0.15, -0.1) is 11.3 Å². The molecule has 0 unspecified atom stereocenters. The Morgan fingerprint density at radius 1 is 1.53 bits per heavy atom. The largest absolute Gasteiger partial charge is 0.477 e. The summed E-state index contributed by atoms with van der Waals surface area (Å²) < 4.78 is 5.05. The van der Waals surface area contributed by atoms with Crippen molar-refractivity contribution in [3.8, 4) is 0 Å². The number of carboxylic acids is 1. The molecule has 1 aromatic rings. The first kappa shape index (κ1) is 14.0. The van der Waals surface area contributed by atoms with E-state index in [9.17, 15) is 9.59 Å². The van der Waals surface area contributed by atoms with Crippen LogP contribution in [0.4, 0.5) is 0 Å². The lowest BCUT2D eigenvalue weighted by Crippen LogP contribution is -2.35. The molecule has 104 valence electrons. The summed E-state index contributed by atoms with van der Waals surface area (Å²) in [6.45, 7) is 4.09. The maximum atomic E-state index is 11.5. The van der Waals surface area contributed by atoms with Gasteiger partial charge in [-0.25, -0.2) is 4.79 Å². The van der Waals surface area contributed by atoms with Crippen LogP contribution in [0.1, 0.15) is 33.5 Å². The molecule has 1 aromatic heterocycles. The summed E-state index contributed by atoms with van der Waals surface area (Å²) in [6, 6.07) is 1.71. The number of rotatable bonds is 5. The van der Waals surface area contributed by atoms with E-state index in [0.717, 1.165) is 29.8 Å². The molecule has 0 spiro atoms. The van der Waals surface area contributed by atoms with Gasteiger partial charge in [0.2, 0.25) is 0 Å². The zero-order valence-corrected chi connectivity index (χ0v) is 11.7. The van der Waals surface area contributed by atoms with E-state index in [2.05, 4.69) is 0 Å². The van der Waals surface area contributed by atoms with Crippen molar-refractivity contribution >= 4 is 23.3 Å². The maximum absolute atomic E-state index is 11.5. The van der Waals surface area contributed by atoms with E-state index in [1.54, 1.807) is 6.07 Å². The van der Waals surface area contributed by atoms with E-state index in [0.29, 0.717) is 18.0 Å². The molecular weight excluding hydrogens is 266 g/mol. The molecule has 0 fully saturated rings. The van der Waals surface area contributed by atoms with Crippen LogP contribution in [0.15, 0.2) is 6.07 Å². The predicted molar refractivity (Wildman–Crippen MR) is 71.5 cm³/mol. The molecular formula is C13H17NO4S. The van der Waals surface area contributed by atoms with Crippen molar-refractivity contribution in [2.24, 2.45) is 0 Å². The van der Waals surface area contributed by atoms with Crippen LogP contribution in [0, 0.1) is 0 Å². The molecule has 2 rings (SSSR count). The summed E-state index contributed by atoms with van der Waals surface area (Å²) in [4.78, 5) is 26.0. The second kappa shape index (κ2) is 6.16. The summed E-state index contributed by atoms with van der Waals surface area (Å²) in [7, 11) is 0. The lowest BCUT2D eigenvalue weighted by atomic mass is 10.1. The molecule has 0 saturated heterocycles. The number of thiophene rings is 1. The fraction of sp³-hybridized carbons (Fsp3) is 0.538. The molecule has 1 aliphatic heterocycles. The Hall–Kier alpha value is -1.40. The van der Waals surface area contributed by atoms with Crippen LogP contribution in [0.2, 0.25) is 0 Å². The first-order chi connectivity index (χ1) is 9.10. The summed E-state index contributed by atoms with van der Waals surface area (Å²) in [5.74, 6) is -1.09. The van der Waals surface area contributed by atoms with Crippen molar-refractivity contribution < 1.29 is 19.4 Å². The Morgan fingerprint density at radius 3 is 3.00 bits per heavy atom. The van der Waals surface area contributed by atoms with E-state index in [4.69, 9.17) is 9.84 Å². The molecule has 0 atom stereocenters. The number of fused-ring (bicyclic) bond motifs is 1. The molecule has 0 radical (unpaired) electrons. The zero-order valence-electron chi connectivity index (χ0n) is 10.8. The summed E-state index contributed by atoms with van der Waals surface area (Å²) in [5.41, 5.74) is 1.02. The number of esters is 1. The Morgan fingerprint density at radius 2 is 2.32 bits per heavy atom. The van der Waals surface area contributed by atoms with Crippen LogP contribution in [-0.2, 0) is 22.5 Å². The van der Waals surface area contributed by atoms with Crippen molar-refractivity contribution in [2.75, 3.05) is 19.7 Å². The maximum Gasteiger partial charge on any atom is 0.345 e. The number of carbonyl (C=O) groups is 2. The molecule has 5 nitrogen and oxygen atoms in total. The van der Waals surface area contributed by atoms with Gasteiger partial charge in [-0.05, 0) is 24.5 Å². The van der Waals surface area contributed by atoms with Gasteiger partial charge in [-0.3, -0.25) is 9.69 Å². The minimum Gasteiger partial charge on any atom is -0.477 e. The van der Waals surface area contributed by atoms with Crippen LogP contribution >= 0.6 is 11.3 Å². The van der Waals surface area contributed by atoms with Crippen LogP contribution < -0.4 is 0 Å². The van der Waals surface area contributed by atoms with Crippen molar-refractivity contribution in [3.05, 3.63) is 21.4 Å².